The molecular weight excluding hydrogens is 276 g/mol. The summed E-state index contributed by atoms with van der Waals surface area (Å²) in [6.45, 7) is 3.07. The quantitative estimate of drug-likeness (QED) is 0.891. The topological polar surface area (TPSA) is 60.9 Å². The molecule has 2 atom stereocenters. The smallest absolute Gasteiger partial charge is 0.243 e. The van der Waals surface area contributed by atoms with Gasteiger partial charge in [-0.3, -0.25) is 0 Å². The van der Waals surface area contributed by atoms with E-state index >= 15 is 0 Å². The van der Waals surface area contributed by atoms with E-state index in [1.807, 2.05) is 14.1 Å². The number of aliphatic hydroxyl groups is 1. The average Bonchev–Trinajstić information content (AvgIpc) is 2.82. The van der Waals surface area contributed by atoms with E-state index in [1.165, 1.54) is 0 Å². The summed E-state index contributed by atoms with van der Waals surface area (Å²) in [7, 11) is 0.521. The van der Waals surface area contributed by atoms with E-state index in [4.69, 9.17) is 5.11 Å². The van der Waals surface area contributed by atoms with Crippen LogP contribution in [0, 0.1) is 5.92 Å². The Morgan fingerprint density at radius 2 is 1.85 bits per heavy atom. The minimum absolute atomic E-state index is 0.0796. The third kappa shape index (κ3) is 2.88. The molecule has 1 N–H and O–H groups in total. The highest BCUT2D eigenvalue weighted by atomic mass is 32.2. The standard InChI is InChI=1S/C14H22N2O3S/c1-11-8-16(9-14(11)15(2)3)20(18,19)13-6-4-12(10-17)5-7-13/h4-7,11,14,17H,8-10H2,1-3H3. The Hall–Kier alpha value is -0.950. The van der Waals surface area contributed by atoms with E-state index in [-0.39, 0.29) is 12.6 Å². The normalized spacial score (nSPS) is 24.4. The Bertz CT molecular complexity index is 554. The van der Waals surface area contributed by atoms with Crippen LogP contribution in [0.3, 0.4) is 0 Å². The van der Waals surface area contributed by atoms with E-state index in [9.17, 15) is 8.42 Å². The van der Waals surface area contributed by atoms with Gasteiger partial charge < -0.3 is 10.0 Å². The first-order valence-electron chi connectivity index (χ1n) is 6.72. The van der Waals surface area contributed by atoms with Crippen LogP contribution in [0.15, 0.2) is 29.2 Å². The lowest BCUT2D eigenvalue weighted by Gasteiger charge is -2.22. The van der Waals surface area contributed by atoms with E-state index < -0.39 is 10.0 Å². The number of rotatable bonds is 4. The molecular formula is C14H22N2O3S. The monoisotopic (exact) mass is 298 g/mol. The van der Waals surface area contributed by atoms with Gasteiger partial charge in [0, 0.05) is 19.1 Å². The summed E-state index contributed by atoms with van der Waals surface area (Å²) in [6, 6.07) is 6.68. The second kappa shape index (κ2) is 5.81. The zero-order chi connectivity index (χ0) is 14.9. The molecule has 0 aromatic heterocycles. The van der Waals surface area contributed by atoms with Crippen molar-refractivity contribution in [1.82, 2.24) is 9.21 Å². The Morgan fingerprint density at radius 1 is 1.25 bits per heavy atom. The molecule has 0 saturated carbocycles. The van der Waals surface area contributed by atoms with Crippen molar-refractivity contribution in [2.75, 3.05) is 27.2 Å². The first-order valence-corrected chi connectivity index (χ1v) is 8.16. The van der Waals surface area contributed by atoms with Crippen LogP contribution in [0.25, 0.3) is 0 Å². The SMILES string of the molecule is CC1CN(S(=O)(=O)c2ccc(CO)cc2)CC1N(C)C. The summed E-state index contributed by atoms with van der Waals surface area (Å²) in [5.41, 5.74) is 0.713. The summed E-state index contributed by atoms with van der Waals surface area (Å²) >= 11 is 0. The number of nitrogens with zero attached hydrogens (tertiary/aromatic N) is 2. The van der Waals surface area contributed by atoms with Crippen molar-refractivity contribution in [3.63, 3.8) is 0 Å². The number of benzene rings is 1. The highest BCUT2D eigenvalue weighted by Gasteiger charge is 2.37. The largest absolute Gasteiger partial charge is 0.392 e. The summed E-state index contributed by atoms with van der Waals surface area (Å²) in [6.07, 6.45) is 0. The molecule has 1 fully saturated rings. The van der Waals surface area contributed by atoms with Gasteiger partial charge in [-0.05, 0) is 37.7 Å². The van der Waals surface area contributed by atoms with E-state index in [2.05, 4.69) is 11.8 Å². The highest BCUT2D eigenvalue weighted by Crippen LogP contribution is 2.26. The molecule has 1 heterocycles. The van der Waals surface area contributed by atoms with Gasteiger partial charge in [0.25, 0.3) is 0 Å². The summed E-state index contributed by atoms with van der Waals surface area (Å²) in [4.78, 5) is 2.37. The second-order valence-corrected chi connectivity index (χ2v) is 7.57. The number of aliphatic hydroxyl groups excluding tert-OH is 1. The Morgan fingerprint density at radius 3 is 2.30 bits per heavy atom. The molecule has 0 radical (unpaired) electrons. The minimum atomic E-state index is -3.44. The van der Waals surface area contributed by atoms with Crippen LogP contribution in [-0.2, 0) is 16.6 Å². The molecule has 112 valence electrons. The lowest BCUT2D eigenvalue weighted by molar-refractivity contribution is 0.263. The van der Waals surface area contributed by atoms with Gasteiger partial charge in [0.15, 0.2) is 0 Å². The van der Waals surface area contributed by atoms with Crippen LogP contribution >= 0.6 is 0 Å². The molecule has 2 unspecified atom stereocenters. The van der Waals surface area contributed by atoms with Crippen molar-refractivity contribution in [3.05, 3.63) is 29.8 Å². The van der Waals surface area contributed by atoms with Crippen molar-refractivity contribution in [3.8, 4) is 0 Å². The maximum absolute atomic E-state index is 12.6. The number of likely N-dealkylation sites (N-methyl/N-ethyl adjacent to an activating group) is 1. The van der Waals surface area contributed by atoms with Crippen molar-refractivity contribution >= 4 is 10.0 Å². The Kier molecular flexibility index (Phi) is 4.49. The lowest BCUT2D eigenvalue weighted by Crippen LogP contribution is -2.35. The van der Waals surface area contributed by atoms with Crippen LogP contribution in [0.5, 0.6) is 0 Å². The molecule has 2 rings (SSSR count). The number of hydrogen-bond donors (Lipinski definition) is 1. The maximum atomic E-state index is 12.6. The maximum Gasteiger partial charge on any atom is 0.243 e. The molecule has 1 aromatic carbocycles. The molecule has 20 heavy (non-hydrogen) atoms. The summed E-state index contributed by atoms with van der Waals surface area (Å²) < 4.78 is 26.7. The second-order valence-electron chi connectivity index (χ2n) is 5.63. The third-order valence-corrected chi connectivity index (χ3v) is 5.79. The molecule has 0 aliphatic carbocycles. The van der Waals surface area contributed by atoms with E-state index in [1.54, 1.807) is 28.6 Å². The first kappa shape index (κ1) is 15.4. The van der Waals surface area contributed by atoms with Crippen LogP contribution in [0.1, 0.15) is 12.5 Å². The van der Waals surface area contributed by atoms with Gasteiger partial charge in [-0.25, -0.2) is 8.42 Å². The van der Waals surface area contributed by atoms with Gasteiger partial charge in [-0.15, -0.1) is 0 Å². The Labute approximate surface area is 120 Å². The van der Waals surface area contributed by atoms with E-state index in [0.717, 1.165) is 0 Å². The summed E-state index contributed by atoms with van der Waals surface area (Å²) in [5.74, 6) is 0.316. The van der Waals surface area contributed by atoms with Crippen LogP contribution in [0.2, 0.25) is 0 Å². The Balaban J connectivity index is 2.22. The van der Waals surface area contributed by atoms with Gasteiger partial charge in [0.2, 0.25) is 10.0 Å². The van der Waals surface area contributed by atoms with Gasteiger partial charge in [-0.2, -0.15) is 4.31 Å². The fourth-order valence-electron chi connectivity index (χ4n) is 2.69. The average molecular weight is 298 g/mol. The fraction of sp³-hybridized carbons (Fsp3) is 0.571. The van der Waals surface area contributed by atoms with Crippen LogP contribution in [0.4, 0.5) is 0 Å². The van der Waals surface area contributed by atoms with Gasteiger partial charge in [-0.1, -0.05) is 19.1 Å². The molecule has 5 nitrogen and oxygen atoms in total. The van der Waals surface area contributed by atoms with Crippen molar-refractivity contribution < 1.29 is 13.5 Å². The van der Waals surface area contributed by atoms with Crippen LogP contribution in [-0.4, -0.2) is 56.0 Å². The summed E-state index contributed by atoms with van der Waals surface area (Å²) in [5, 5.41) is 9.01. The van der Waals surface area contributed by atoms with Crippen molar-refractivity contribution in [2.24, 2.45) is 5.92 Å². The molecule has 1 aromatic rings. The highest BCUT2D eigenvalue weighted by molar-refractivity contribution is 7.89. The molecule has 1 saturated heterocycles. The molecule has 1 aliphatic rings. The van der Waals surface area contributed by atoms with Gasteiger partial charge >= 0.3 is 0 Å². The number of hydrogen-bond acceptors (Lipinski definition) is 4. The third-order valence-electron chi connectivity index (χ3n) is 3.95. The van der Waals surface area contributed by atoms with Gasteiger partial charge in [0.1, 0.15) is 0 Å². The predicted molar refractivity (Wildman–Crippen MR) is 77.8 cm³/mol. The first-order chi connectivity index (χ1) is 9.36. The molecule has 6 heteroatoms. The minimum Gasteiger partial charge on any atom is -0.392 e. The zero-order valence-electron chi connectivity index (χ0n) is 12.2. The molecule has 0 bridgehead atoms. The van der Waals surface area contributed by atoms with Gasteiger partial charge in [0.05, 0.1) is 11.5 Å². The lowest BCUT2D eigenvalue weighted by atomic mass is 10.1. The van der Waals surface area contributed by atoms with E-state index in [0.29, 0.717) is 29.5 Å². The van der Waals surface area contributed by atoms with Crippen molar-refractivity contribution in [1.29, 1.82) is 0 Å². The number of sulfonamides is 1. The molecule has 0 amide bonds. The fourth-order valence-corrected chi connectivity index (χ4v) is 4.25. The molecule has 0 spiro atoms. The molecule has 1 aliphatic heterocycles. The predicted octanol–water partition coefficient (Wildman–Crippen LogP) is 0.750. The van der Waals surface area contributed by atoms with Crippen molar-refractivity contribution in [2.45, 2.75) is 24.5 Å². The zero-order valence-corrected chi connectivity index (χ0v) is 13.0. The van der Waals surface area contributed by atoms with Crippen LogP contribution < -0.4 is 0 Å².